The first-order chi connectivity index (χ1) is 11.6. The highest BCUT2D eigenvalue weighted by Crippen LogP contribution is 2.31. The largest absolute Gasteiger partial charge is 0.389 e. The molecule has 2 heterocycles. The number of benzene rings is 1. The van der Waals surface area contributed by atoms with Crippen LogP contribution < -0.4 is 0 Å². The van der Waals surface area contributed by atoms with E-state index in [1.165, 1.54) is 5.56 Å². The summed E-state index contributed by atoms with van der Waals surface area (Å²) in [5.41, 5.74) is 1.78. The highest BCUT2D eigenvalue weighted by molar-refractivity contribution is 5.33. The number of nitrogens with zero attached hydrogens (tertiary/aromatic N) is 3. The van der Waals surface area contributed by atoms with Gasteiger partial charge in [0.2, 0.25) is 0 Å². The van der Waals surface area contributed by atoms with Crippen molar-refractivity contribution < 1.29 is 9.84 Å². The molecule has 3 rings (SSSR count). The third kappa shape index (κ3) is 3.86. The van der Waals surface area contributed by atoms with Crippen molar-refractivity contribution in [2.24, 2.45) is 5.92 Å². The Labute approximate surface area is 143 Å². The molecule has 1 aromatic heterocycles. The van der Waals surface area contributed by atoms with Gasteiger partial charge in [0.15, 0.2) is 0 Å². The van der Waals surface area contributed by atoms with Gasteiger partial charge >= 0.3 is 0 Å². The molecule has 1 N–H and O–H groups in total. The van der Waals surface area contributed by atoms with Crippen molar-refractivity contribution in [3.05, 3.63) is 48.3 Å². The van der Waals surface area contributed by atoms with Crippen LogP contribution in [0.1, 0.15) is 25.3 Å². The van der Waals surface area contributed by atoms with E-state index in [1.807, 2.05) is 16.9 Å². The lowest BCUT2D eigenvalue weighted by Crippen LogP contribution is -2.51. The number of likely N-dealkylation sites (tertiary alicyclic amines) is 1. The third-order valence-electron chi connectivity index (χ3n) is 5.16. The molecule has 130 valence electrons. The molecule has 1 aliphatic heterocycles. The molecule has 24 heavy (non-hydrogen) atoms. The van der Waals surface area contributed by atoms with Crippen LogP contribution in [-0.2, 0) is 11.3 Å². The van der Waals surface area contributed by atoms with Crippen LogP contribution in [0.25, 0.3) is 5.69 Å². The van der Waals surface area contributed by atoms with Crippen LogP contribution >= 0.6 is 0 Å². The van der Waals surface area contributed by atoms with Gasteiger partial charge in [-0.15, -0.1) is 0 Å². The van der Waals surface area contributed by atoms with Crippen LogP contribution in [0.5, 0.6) is 0 Å². The maximum atomic E-state index is 10.8. The number of methoxy groups -OCH3 is 1. The first-order valence-electron chi connectivity index (χ1n) is 8.63. The minimum atomic E-state index is -0.587. The SMILES string of the molecule is COCC[C@@]1(O)CCN(Cc2ccc(-n3cccn3)cc2)C[C@@H]1C. The monoisotopic (exact) mass is 329 g/mol. The quantitative estimate of drug-likeness (QED) is 0.884. The molecule has 1 aromatic carbocycles. The van der Waals surface area contributed by atoms with Gasteiger partial charge in [0.1, 0.15) is 0 Å². The summed E-state index contributed by atoms with van der Waals surface area (Å²) in [5, 5.41) is 15.0. The fourth-order valence-corrected chi connectivity index (χ4v) is 3.47. The average Bonchev–Trinajstić information content (AvgIpc) is 3.12. The lowest BCUT2D eigenvalue weighted by atomic mass is 9.80. The molecule has 2 atom stereocenters. The van der Waals surface area contributed by atoms with Crippen molar-refractivity contribution in [2.45, 2.75) is 31.9 Å². The van der Waals surface area contributed by atoms with E-state index in [0.717, 1.165) is 38.2 Å². The highest BCUT2D eigenvalue weighted by Gasteiger charge is 2.38. The number of ether oxygens (including phenoxy) is 1. The summed E-state index contributed by atoms with van der Waals surface area (Å²) >= 11 is 0. The van der Waals surface area contributed by atoms with Crippen molar-refractivity contribution in [3.63, 3.8) is 0 Å². The Hall–Kier alpha value is -1.69. The van der Waals surface area contributed by atoms with E-state index in [2.05, 4.69) is 41.2 Å². The topological polar surface area (TPSA) is 50.5 Å². The van der Waals surface area contributed by atoms with E-state index in [0.29, 0.717) is 6.61 Å². The van der Waals surface area contributed by atoms with Crippen LogP contribution in [0, 0.1) is 5.92 Å². The molecule has 5 nitrogen and oxygen atoms in total. The van der Waals surface area contributed by atoms with E-state index in [4.69, 9.17) is 4.74 Å². The Bertz CT molecular complexity index is 627. The van der Waals surface area contributed by atoms with E-state index in [1.54, 1.807) is 13.3 Å². The molecule has 0 aliphatic carbocycles. The van der Waals surface area contributed by atoms with Gasteiger partial charge in [0, 0.05) is 45.7 Å². The zero-order valence-electron chi connectivity index (χ0n) is 14.6. The molecule has 1 saturated heterocycles. The van der Waals surface area contributed by atoms with E-state index in [9.17, 15) is 5.11 Å². The van der Waals surface area contributed by atoms with Gasteiger partial charge in [-0.25, -0.2) is 4.68 Å². The second kappa shape index (κ2) is 7.47. The Balaban J connectivity index is 1.57. The van der Waals surface area contributed by atoms with Crippen LogP contribution in [0.3, 0.4) is 0 Å². The van der Waals surface area contributed by atoms with Crippen molar-refractivity contribution in [2.75, 3.05) is 26.8 Å². The molecule has 1 aliphatic rings. The summed E-state index contributed by atoms with van der Waals surface area (Å²) < 4.78 is 7.01. The first kappa shape index (κ1) is 17.1. The van der Waals surface area contributed by atoms with Crippen LogP contribution in [0.4, 0.5) is 0 Å². The molecule has 0 spiro atoms. The standard InChI is InChI=1S/C19H27N3O2/c1-16-14-21(12-8-19(16,23)9-13-24-2)15-17-4-6-18(7-5-17)22-11-3-10-20-22/h3-7,10-11,16,23H,8-9,12-15H2,1-2H3/t16-,19-/m0/s1. The average molecular weight is 329 g/mol. The minimum absolute atomic E-state index is 0.254. The minimum Gasteiger partial charge on any atom is -0.389 e. The van der Waals surface area contributed by atoms with Crippen LogP contribution in [0.2, 0.25) is 0 Å². The van der Waals surface area contributed by atoms with E-state index >= 15 is 0 Å². The van der Waals surface area contributed by atoms with Gasteiger partial charge in [-0.1, -0.05) is 19.1 Å². The van der Waals surface area contributed by atoms with Gasteiger partial charge in [-0.2, -0.15) is 5.10 Å². The van der Waals surface area contributed by atoms with E-state index in [-0.39, 0.29) is 5.92 Å². The maximum absolute atomic E-state index is 10.8. The Morgan fingerprint density at radius 3 is 2.75 bits per heavy atom. The zero-order chi connectivity index (χ0) is 17.0. The number of hydrogen-bond acceptors (Lipinski definition) is 4. The fourth-order valence-electron chi connectivity index (χ4n) is 3.47. The van der Waals surface area contributed by atoms with Crippen molar-refractivity contribution >= 4 is 0 Å². The summed E-state index contributed by atoms with van der Waals surface area (Å²) in [6.45, 7) is 5.52. The molecular formula is C19H27N3O2. The third-order valence-corrected chi connectivity index (χ3v) is 5.16. The van der Waals surface area contributed by atoms with Gasteiger partial charge in [-0.05, 0) is 42.5 Å². The van der Waals surface area contributed by atoms with Gasteiger partial charge in [0.05, 0.1) is 11.3 Å². The molecule has 0 bridgehead atoms. The fraction of sp³-hybridized carbons (Fsp3) is 0.526. The maximum Gasteiger partial charge on any atom is 0.0719 e. The predicted molar refractivity (Wildman–Crippen MR) is 94.1 cm³/mol. The summed E-state index contributed by atoms with van der Waals surface area (Å²) in [6, 6.07) is 10.4. The summed E-state index contributed by atoms with van der Waals surface area (Å²) in [5.74, 6) is 0.254. The molecular weight excluding hydrogens is 302 g/mol. The van der Waals surface area contributed by atoms with E-state index < -0.39 is 5.60 Å². The lowest BCUT2D eigenvalue weighted by molar-refractivity contribution is -0.0827. The van der Waals surface area contributed by atoms with Gasteiger partial charge < -0.3 is 9.84 Å². The second-order valence-electron chi connectivity index (χ2n) is 6.85. The Kier molecular flexibility index (Phi) is 5.33. The van der Waals surface area contributed by atoms with Gasteiger partial charge in [-0.3, -0.25) is 4.90 Å². The summed E-state index contributed by atoms with van der Waals surface area (Å²) in [6.07, 6.45) is 5.26. The number of piperidine rings is 1. The second-order valence-corrected chi connectivity index (χ2v) is 6.85. The van der Waals surface area contributed by atoms with Crippen molar-refractivity contribution in [1.29, 1.82) is 0 Å². The Morgan fingerprint density at radius 1 is 1.33 bits per heavy atom. The molecule has 0 saturated carbocycles. The van der Waals surface area contributed by atoms with Crippen molar-refractivity contribution in [3.8, 4) is 5.69 Å². The summed E-state index contributed by atoms with van der Waals surface area (Å²) in [7, 11) is 1.69. The lowest BCUT2D eigenvalue weighted by Gasteiger charge is -2.43. The molecule has 2 aromatic rings. The van der Waals surface area contributed by atoms with Gasteiger partial charge in [0.25, 0.3) is 0 Å². The Morgan fingerprint density at radius 2 is 2.12 bits per heavy atom. The van der Waals surface area contributed by atoms with Crippen molar-refractivity contribution in [1.82, 2.24) is 14.7 Å². The van der Waals surface area contributed by atoms with Crippen LogP contribution in [0.15, 0.2) is 42.7 Å². The molecule has 0 radical (unpaired) electrons. The first-order valence-corrected chi connectivity index (χ1v) is 8.63. The zero-order valence-corrected chi connectivity index (χ0v) is 14.6. The van der Waals surface area contributed by atoms with Crippen LogP contribution in [-0.4, -0.2) is 52.2 Å². The molecule has 0 amide bonds. The molecule has 1 fully saturated rings. The normalized spacial score (nSPS) is 25.0. The highest BCUT2D eigenvalue weighted by atomic mass is 16.5. The number of aliphatic hydroxyl groups is 1. The number of hydrogen-bond donors (Lipinski definition) is 1. The molecule has 5 heteroatoms. The summed E-state index contributed by atoms with van der Waals surface area (Å²) in [4.78, 5) is 2.43. The predicted octanol–water partition coefficient (Wildman–Crippen LogP) is 2.48. The number of rotatable bonds is 6. The molecule has 0 unspecified atom stereocenters. The number of aromatic nitrogens is 2. The smallest absolute Gasteiger partial charge is 0.0719 e.